The lowest BCUT2D eigenvalue weighted by molar-refractivity contribution is 0.0712. The monoisotopic (exact) mass is 374 g/mol. The van der Waals surface area contributed by atoms with Gasteiger partial charge in [0.1, 0.15) is 16.5 Å². The molecule has 1 amide bonds. The van der Waals surface area contributed by atoms with Gasteiger partial charge in [0.15, 0.2) is 0 Å². The first-order valence-corrected chi connectivity index (χ1v) is 9.54. The second-order valence-electron chi connectivity index (χ2n) is 6.13. The van der Waals surface area contributed by atoms with Crippen molar-refractivity contribution in [2.45, 2.75) is 13.1 Å². The van der Waals surface area contributed by atoms with Crippen LogP contribution in [0.2, 0.25) is 0 Å². The van der Waals surface area contributed by atoms with Gasteiger partial charge in [0, 0.05) is 17.5 Å². The highest BCUT2D eigenvalue weighted by Crippen LogP contribution is 2.24. The maximum absolute atomic E-state index is 13.1. The molecule has 0 bridgehead atoms. The number of benzene rings is 2. The van der Waals surface area contributed by atoms with Crippen molar-refractivity contribution in [3.63, 3.8) is 0 Å². The van der Waals surface area contributed by atoms with E-state index in [-0.39, 0.29) is 5.91 Å². The lowest BCUT2D eigenvalue weighted by Gasteiger charge is -2.21. The van der Waals surface area contributed by atoms with Gasteiger partial charge in [-0.2, -0.15) is 0 Å². The van der Waals surface area contributed by atoms with Crippen LogP contribution in [0.3, 0.4) is 0 Å². The lowest BCUT2D eigenvalue weighted by atomic mass is 10.2. The number of aromatic nitrogens is 1. The number of hydrogen-bond donors (Lipinski definition) is 0. The van der Waals surface area contributed by atoms with Crippen LogP contribution in [0.15, 0.2) is 88.9 Å². The quantitative estimate of drug-likeness (QED) is 0.463. The summed E-state index contributed by atoms with van der Waals surface area (Å²) in [5.74, 6) is 0.645. The highest BCUT2D eigenvalue weighted by atomic mass is 32.1. The third-order valence-corrected chi connectivity index (χ3v) is 5.07. The van der Waals surface area contributed by atoms with Gasteiger partial charge in [-0.3, -0.25) is 4.79 Å². The van der Waals surface area contributed by atoms with E-state index in [1.807, 2.05) is 78.2 Å². The van der Waals surface area contributed by atoms with Gasteiger partial charge in [-0.1, -0.05) is 60.7 Å². The van der Waals surface area contributed by atoms with Crippen molar-refractivity contribution < 1.29 is 9.21 Å². The summed E-state index contributed by atoms with van der Waals surface area (Å²) in [6.45, 7) is 0.900. The van der Waals surface area contributed by atoms with Crippen molar-refractivity contribution in [2.75, 3.05) is 0 Å². The fourth-order valence-electron chi connectivity index (χ4n) is 2.84. The molecule has 0 aliphatic carbocycles. The maximum atomic E-state index is 13.1. The van der Waals surface area contributed by atoms with E-state index < -0.39 is 0 Å². The van der Waals surface area contributed by atoms with Crippen LogP contribution in [0.25, 0.3) is 10.6 Å². The Bertz CT molecular complexity index is 995. The third kappa shape index (κ3) is 4.15. The van der Waals surface area contributed by atoms with Crippen LogP contribution in [0.5, 0.6) is 0 Å². The molecule has 0 aliphatic rings. The van der Waals surface area contributed by atoms with E-state index in [9.17, 15) is 4.79 Å². The summed E-state index contributed by atoms with van der Waals surface area (Å²) >= 11 is 1.48. The molecule has 2 aromatic heterocycles. The molecule has 0 spiro atoms. The molecule has 0 saturated heterocycles. The van der Waals surface area contributed by atoms with E-state index >= 15 is 0 Å². The van der Waals surface area contributed by atoms with Crippen LogP contribution in [0.1, 0.15) is 21.8 Å². The summed E-state index contributed by atoms with van der Waals surface area (Å²) < 4.78 is 5.45. The Labute approximate surface area is 161 Å². The zero-order valence-electron chi connectivity index (χ0n) is 14.6. The molecule has 134 valence electrons. The van der Waals surface area contributed by atoms with Crippen molar-refractivity contribution in [2.24, 2.45) is 0 Å². The molecule has 4 aromatic rings. The second-order valence-corrected chi connectivity index (χ2v) is 6.99. The first-order valence-electron chi connectivity index (χ1n) is 8.66. The van der Waals surface area contributed by atoms with Crippen molar-refractivity contribution in [1.82, 2.24) is 9.88 Å². The maximum Gasteiger partial charge on any atom is 0.274 e. The van der Waals surface area contributed by atoms with Crippen molar-refractivity contribution in [3.8, 4) is 10.6 Å². The molecule has 5 heteroatoms. The van der Waals surface area contributed by atoms with Crippen molar-refractivity contribution in [1.29, 1.82) is 0 Å². The van der Waals surface area contributed by atoms with Crippen molar-refractivity contribution in [3.05, 3.63) is 101 Å². The third-order valence-electron chi connectivity index (χ3n) is 4.17. The van der Waals surface area contributed by atoms with E-state index in [0.717, 1.165) is 21.9 Å². The number of hydrogen-bond acceptors (Lipinski definition) is 4. The minimum Gasteiger partial charge on any atom is -0.467 e. The highest BCUT2D eigenvalue weighted by Gasteiger charge is 2.21. The van der Waals surface area contributed by atoms with E-state index in [4.69, 9.17) is 4.42 Å². The molecular weight excluding hydrogens is 356 g/mol. The smallest absolute Gasteiger partial charge is 0.274 e. The fourth-order valence-corrected chi connectivity index (χ4v) is 3.64. The van der Waals surface area contributed by atoms with E-state index in [1.54, 1.807) is 11.2 Å². The van der Waals surface area contributed by atoms with E-state index in [2.05, 4.69) is 4.98 Å². The Morgan fingerprint density at radius 2 is 1.67 bits per heavy atom. The highest BCUT2D eigenvalue weighted by molar-refractivity contribution is 7.13. The number of amides is 1. The summed E-state index contributed by atoms with van der Waals surface area (Å²) in [4.78, 5) is 19.5. The van der Waals surface area contributed by atoms with Gasteiger partial charge in [0.2, 0.25) is 0 Å². The lowest BCUT2D eigenvalue weighted by Crippen LogP contribution is -2.30. The van der Waals surface area contributed by atoms with Crippen LogP contribution in [-0.4, -0.2) is 15.8 Å². The molecule has 4 rings (SSSR count). The van der Waals surface area contributed by atoms with Gasteiger partial charge >= 0.3 is 0 Å². The van der Waals surface area contributed by atoms with E-state index in [0.29, 0.717) is 18.8 Å². The topological polar surface area (TPSA) is 46.3 Å². The molecule has 0 saturated carbocycles. The first-order chi connectivity index (χ1) is 13.3. The van der Waals surface area contributed by atoms with Gasteiger partial charge in [-0.15, -0.1) is 11.3 Å². The molecule has 0 fully saturated rings. The number of furan rings is 1. The van der Waals surface area contributed by atoms with Crippen LogP contribution >= 0.6 is 11.3 Å². The number of carbonyl (C=O) groups excluding carboxylic acids is 1. The van der Waals surface area contributed by atoms with Crippen molar-refractivity contribution >= 4 is 17.2 Å². The zero-order valence-corrected chi connectivity index (χ0v) is 15.4. The minimum atomic E-state index is -0.103. The Balaban J connectivity index is 1.59. The number of carbonyl (C=O) groups is 1. The average molecular weight is 374 g/mol. The molecule has 0 aliphatic heterocycles. The molecule has 4 nitrogen and oxygen atoms in total. The predicted molar refractivity (Wildman–Crippen MR) is 106 cm³/mol. The van der Waals surface area contributed by atoms with E-state index in [1.165, 1.54) is 11.3 Å². The molecule has 0 unspecified atom stereocenters. The summed E-state index contributed by atoms with van der Waals surface area (Å²) in [6.07, 6.45) is 1.62. The van der Waals surface area contributed by atoms with Gasteiger partial charge in [-0.05, 0) is 17.7 Å². The van der Waals surface area contributed by atoms with Crippen LogP contribution in [0.4, 0.5) is 0 Å². The molecule has 2 heterocycles. The number of thiazole rings is 1. The second kappa shape index (κ2) is 8.01. The minimum absolute atomic E-state index is 0.103. The summed E-state index contributed by atoms with van der Waals surface area (Å²) in [5.41, 5.74) is 2.54. The largest absolute Gasteiger partial charge is 0.467 e. The molecule has 0 N–H and O–H groups in total. The summed E-state index contributed by atoms with van der Waals surface area (Å²) in [5, 5.41) is 2.67. The standard InChI is InChI=1S/C22H18N2O2S/c25-22(20-16-27-21(23-20)18-10-5-2-6-11-18)24(15-19-12-7-13-26-19)14-17-8-3-1-4-9-17/h1-13,16H,14-15H2. The van der Waals surface area contributed by atoms with Gasteiger partial charge < -0.3 is 9.32 Å². The molecule has 0 radical (unpaired) electrons. The van der Waals surface area contributed by atoms with Crippen LogP contribution < -0.4 is 0 Å². The number of nitrogens with zero attached hydrogens (tertiary/aromatic N) is 2. The number of rotatable bonds is 6. The van der Waals surface area contributed by atoms with Crippen LogP contribution in [-0.2, 0) is 13.1 Å². The van der Waals surface area contributed by atoms with Gasteiger partial charge in [0.05, 0.1) is 12.8 Å². The summed E-state index contributed by atoms with van der Waals surface area (Å²) in [6, 6.07) is 23.5. The molecular formula is C22H18N2O2S. The fraction of sp³-hybridized carbons (Fsp3) is 0.0909. The first kappa shape index (κ1) is 17.2. The zero-order chi connectivity index (χ0) is 18.5. The SMILES string of the molecule is O=C(c1csc(-c2ccccc2)n1)N(Cc1ccccc1)Cc1ccco1. The van der Waals surface area contributed by atoms with Crippen LogP contribution in [0, 0.1) is 0 Å². The Morgan fingerprint density at radius 3 is 2.37 bits per heavy atom. The molecule has 27 heavy (non-hydrogen) atoms. The Hall–Kier alpha value is -3.18. The molecule has 2 aromatic carbocycles. The Morgan fingerprint density at radius 1 is 0.926 bits per heavy atom. The summed E-state index contributed by atoms with van der Waals surface area (Å²) in [7, 11) is 0. The Kier molecular flexibility index (Phi) is 5.12. The normalized spacial score (nSPS) is 10.7. The van der Waals surface area contributed by atoms with Gasteiger partial charge in [-0.25, -0.2) is 4.98 Å². The average Bonchev–Trinajstić information content (AvgIpc) is 3.41. The predicted octanol–water partition coefficient (Wildman–Crippen LogP) is 5.25. The molecule has 0 atom stereocenters. The van der Waals surface area contributed by atoms with Gasteiger partial charge in [0.25, 0.3) is 5.91 Å².